The van der Waals surface area contributed by atoms with Crippen LogP contribution in [0.15, 0.2) is 18.2 Å². The number of carbonyl (C=O) groups is 2. The summed E-state index contributed by atoms with van der Waals surface area (Å²) in [5.41, 5.74) is 0.373. The molecule has 1 aliphatic rings. The first kappa shape index (κ1) is 18.9. The molecule has 2 amide bonds. The highest BCUT2D eigenvalue weighted by atomic mass is 16.6. The van der Waals surface area contributed by atoms with E-state index >= 15 is 0 Å². The van der Waals surface area contributed by atoms with Gasteiger partial charge in [-0.2, -0.15) is 0 Å². The Balaban J connectivity index is 2.10. The first-order chi connectivity index (χ1) is 11.6. The fourth-order valence-electron chi connectivity index (χ4n) is 3.04. The van der Waals surface area contributed by atoms with Crippen molar-refractivity contribution in [1.29, 1.82) is 0 Å². The normalized spacial score (nSPS) is 17.9. The minimum atomic E-state index is -0.477. The van der Waals surface area contributed by atoms with Crippen molar-refractivity contribution in [3.63, 3.8) is 0 Å². The SMILES string of the molecule is Cc1c(NC(=O)C2CCCN(C(=O)C(C)(C)C)C2)cccc1[N+](=O)[O-]. The van der Waals surface area contributed by atoms with Crippen molar-refractivity contribution in [3.05, 3.63) is 33.9 Å². The summed E-state index contributed by atoms with van der Waals surface area (Å²) in [6.07, 6.45) is 1.47. The van der Waals surface area contributed by atoms with Gasteiger partial charge >= 0.3 is 0 Å². The molecular formula is C18H25N3O4. The Morgan fingerprint density at radius 1 is 1.32 bits per heavy atom. The maximum absolute atomic E-state index is 12.6. The number of nitrogens with zero attached hydrogens (tertiary/aromatic N) is 2. The molecule has 136 valence electrons. The molecular weight excluding hydrogens is 322 g/mol. The molecule has 0 aromatic heterocycles. The first-order valence-corrected chi connectivity index (χ1v) is 8.45. The largest absolute Gasteiger partial charge is 0.341 e. The van der Waals surface area contributed by atoms with Gasteiger partial charge in [-0.25, -0.2) is 0 Å². The van der Waals surface area contributed by atoms with Gasteiger partial charge in [0, 0.05) is 24.6 Å². The van der Waals surface area contributed by atoms with Crippen LogP contribution in [0.2, 0.25) is 0 Å². The lowest BCUT2D eigenvalue weighted by Gasteiger charge is -2.35. The summed E-state index contributed by atoms with van der Waals surface area (Å²) in [4.78, 5) is 37.3. The predicted octanol–water partition coefficient (Wildman–Crippen LogP) is 3.13. The second-order valence-electron chi connectivity index (χ2n) is 7.54. The summed E-state index contributed by atoms with van der Waals surface area (Å²) < 4.78 is 0. The molecule has 1 aromatic carbocycles. The Morgan fingerprint density at radius 2 is 2.00 bits per heavy atom. The third-order valence-corrected chi connectivity index (χ3v) is 4.48. The van der Waals surface area contributed by atoms with E-state index in [0.29, 0.717) is 30.8 Å². The summed E-state index contributed by atoms with van der Waals surface area (Å²) in [6.45, 7) is 8.26. The predicted molar refractivity (Wildman–Crippen MR) is 95.2 cm³/mol. The van der Waals surface area contributed by atoms with Crippen molar-refractivity contribution < 1.29 is 14.5 Å². The van der Waals surface area contributed by atoms with Crippen LogP contribution in [-0.4, -0.2) is 34.7 Å². The number of hydrogen-bond donors (Lipinski definition) is 1. The van der Waals surface area contributed by atoms with E-state index < -0.39 is 10.3 Å². The lowest BCUT2D eigenvalue weighted by Crippen LogP contribution is -2.47. The molecule has 0 radical (unpaired) electrons. The highest BCUT2D eigenvalue weighted by molar-refractivity contribution is 5.94. The van der Waals surface area contributed by atoms with Gasteiger partial charge in [-0.3, -0.25) is 19.7 Å². The van der Waals surface area contributed by atoms with Gasteiger partial charge < -0.3 is 10.2 Å². The highest BCUT2D eigenvalue weighted by Gasteiger charge is 2.33. The number of benzene rings is 1. The molecule has 1 aromatic rings. The van der Waals surface area contributed by atoms with Gasteiger partial charge in [0.05, 0.1) is 22.1 Å². The van der Waals surface area contributed by atoms with Gasteiger partial charge in [-0.1, -0.05) is 26.8 Å². The number of likely N-dealkylation sites (tertiary alicyclic amines) is 1. The molecule has 1 unspecified atom stereocenters. The Hall–Kier alpha value is -2.44. The van der Waals surface area contributed by atoms with Gasteiger partial charge in [0.1, 0.15) is 0 Å². The zero-order chi connectivity index (χ0) is 18.8. The van der Waals surface area contributed by atoms with E-state index in [1.165, 1.54) is 6.07 Å². The number of anilines is 1. The first-order valence-electron chi connectivity index (χ1n) is 8.45. The highest BCUT2D eigenvalue weighted by Crippen LogP contribution is 2.27. The van der Waals surface area contributed by atoms with Crippen LogP contribution in [0.5, 0.6) is 0 Å². The minimum absolute atomic E-state index is 0.0222. The van der Waals surface area contributed by atoms with Crippen LogP contribution in [-0.2, 0) is 9.59 Å². The second-order valence-corrected chi connectivity index (χ2v) is 7.54. The summed E-state index contributed by atoms with van der Waals surface area (Å²) in [6, 6.07) is 4.62. The van der Waals surface area contributed by atoms with Gasteiger partial charge in [-0.05, 0) is 25.8 Å². The number of hydrogen-bond acceptors (Lipinski definition) is 4. The monoisotopic (exact) mass is 347 g/mol. The summed E-state index contributed by atoms with van der Waals surface area (Å²) >= 11 is 0. The zero-order valence-corrected chi connectivity index (χ0v) is 15.2. The third-order valence-electron chi connectivity index (χ3n) is 4.48. The van der Waals surface area contributed by atoms with Crippen molar-refractivity contribution in [1.82, 2.24) is 4.90 Å². The molecule has 7 heteroatoms. The Morgan fingerprint density at radius 3 is 2.60 bits per heavy atom. The molecule has 1 heterocycles. The smallest absolute Gasteiger partial charge is 0.274 e. The molecule has 1 fully saturated rings. The van der Waals surface area contributed by atoms with E-state index in [-0.39, 0.29) is 23.4 Å². The number of nitrogens with one attached hydrogen (secondary N) is 1. The van der Waals surface area contributed by atoms with Gasteiger partial charge in [0.15, 0.2) is 0 Å². The molecule has 1 atom stereocenters. The van der Waals surface area contributed by atoms with Crippen molar-refractivity contribution in [2.75, 3.05) is 18.4 Å². The lowest BCUT2D eigenvalue weighted by molar-refractivity contribution is -0.385. The van der Waals surface area contributed by atoms with E-state index in [4.69, 9.17) is 0 Å². The minimum Gasteiger partial charge on any atom is -0.341 e. The molecule has 0 bridgehead atoms. The van der Waals surface area contributed by atoms with E-state index in [9.17, 15) is 19.7 Å². The van der Waals surface area contributed by atoms with Crippen LogP contribution in [0.1, 0.15) is 39.2 Å². The topological polar surface area (TPSA) is 92.6 Å². The quantitative estimate of drug-likeness (QED) is 0.671. The van der Waals surface area contributed by atoms with Gasteiger partial charge in [-0.15, -0.1) is 0 Å². The molecule has 25 heavy (non-hydrogen) atoms. The average molecular weight is 347 g/mol. The van der Waals surface area contributed by atoms with Crippen molar-refractivity contribution in [2.24, 2.45) is 11.3 Å². The molecule has 7 nitrogen and oxygen atoms in total. The van der Waals surface area contributed by atoms with E-state index in [1.54, 1.807) is 24.0 Å². The number of rotatable bonds is 3. The summed E-state index contributed by atoms with van der Waals surface area (Å²) in [5.74, 6) is -0.467. The van der Waals surface area contributed by atoms with Crippen LogP contribution in [0, 0.1) is 28.4 Å². The van der Waals surface area contributed by atoms with E-state index in [1.807, 2.05) is 20.8 Å². The van der Waals surface area contributed by atoms with Gasteiger partial charge in [0.2, 0.25) is 11.8 Å². The van der Waals surface area contributed by atoms with Crippen LogP contribution < -0.4 is 5.32 Å². The Kier molecular flexibility index (Phi) is 5.45. The third kappa shape index (κ3) is 4.35. The zero-order valence-electron chi connectivity index (χ0n) is 15.2. The lowest BCUT2D eigenvalue weighted by atomic mass is 9.91. The fraction of sp³-hybridized carbons (Fsp3) is 0.556. The molecule has 0 spiro atoms. The van der Waals surface area contributed by atoms with Crippen LogP contribution >= 0.6 is 0 Å². The number of piperidine rings is 1. The van der Waals surface area contributed by atoms with Crippen molar-refractivity contribution >= 4 is 23.2 Å². The number of amides is 2. The molecule has 0 aliphatic carbocycles. The van der Waals surface area contributed by atoms with Crippen molar-refractivity contribution in [2.45, 2.75) is 40.5 Å². The molecule has 1 aliphatic heterocycles. The standard InChI is InChI=1S/C18H25N3O4/c1-12-14(8-5-9-15(12)21(24)25)19-16(22)13-7-6-10-20(11-13)17(23)18(2,3)4/h5,8-9,13H,6-7,10-11H2,1-4H3,(H,19,22). The molecule has 2 rings (SSSR count). The summed E-state index contributed by atoms with van der Waals surface area (Å²) in [5, 5.41) is 13.8. The fourth-order valence-corrected chi connectivity index (χ4v) is 3.04. The van der Waals surface area contributed by atoms with Crippen LogP contribution in [0.4, 0.5) is 11.4 Å². The maximum atomic E-state index is 12.6. The Labute approximate surface area is 147 Å². The van der Waals surface area contributed by atoms with Crippen LogP contribution in [0.25, 0.3) is 0 Å². The molecule has 1 N–H and O–H groups in total. The number of nitro benzene ring substituents is 1. The second kappa shape index (κ2) is 7.21. The van der Waals surface area contributed by atoms with Gasteiger partial charge in [0.25, 0.3) is 5.69 Å². The molecule has 0 saturated carbocycles. The van der Waals surface area contributed by atoms with Crippen molar-refractivity contribution in [3.8, 4) is 0 Å². The van der Waals surface area contributed by atoms with E-state index in [0.717, 1.165) is 6.42 Å². The summed E-state index contributed by atoms with van der Waals surface area (Å²) in [7, 11) is 0. The number of carbonyl (C=O) groups excluding carboxylic acids is 2. The Bertz CT molecular complexity index is 694. The van der Waals surface area contributed by atoms with E-state index in [2.05, 4.69) is 5.32 Å². The average Bonchev–Trinajstić information content (AvgIpc) is 2.55. The maximum Gasteiger partial charge on any atom is 0.274 e. The molecule has 1 saturated heterocycles. The van der Waals surface area contributed by atoms with Crippen LogP contribution in [0.3, 0.4) is 0 Å². The number of nitro groups is 1.